The van der Waals surface area contributed by atoms with Crippen LogP contribution in [0.25, 0.3) is 63.4 Å². The van der Waals surface area contributed by atoms with Gasteiger partial charge in [0, 0.05) is 11.4 Å². The third-order valence-electron chi connectivity index (χ3n) is 11.7. The third-order valence-corrected chi connectivity index (χ3v) is 14.2. The van der Waals surface area contributed by atoms with Crippen molar-refractivity contribution in [1.29, 1.82) is 0 Å². The van der Waals surface area contributed by atoms with Crippen molar-refractivity contribution in [3.63, 3.8) is 0 Å². The Labute approximate surface area is 362 Å². The maximum Gasteiger partial charge on any atom is -0.0374 e. The Morgan fingerprint density at radius 3 is 1.16 bits per heavy atom. The summed E-state index contributed by atoms with van der Waals surface area (Å²) >= 11 is 0.203. The normalized spacial score (nSPS) is 11.3. The topological polar surface area (TPSA) is 6.48 Å². The van der Waals surface area contributed by atoms with Crippen LogP contribution < -0.4 is 9.80 Å². The Hall–Kier alpha value is -7.42. The van der Waals surface area contributed by atoms with Gasteiger partial charge in [0.1, 0.15) is 0 Å². The van der Waals surface area contributed by atoms with E-state index >= 15 is 0 Å². The number of hydrogen-bond donors (Lipinski definition) is 0. The van der Waals surface area contributed by atoms with Crippen LogP contribution in [0.15, 0.2) is 243 Å². The van der Waals surface area contributed by atoms with E-state index in [1.54, 1.807) is 0 Å². The Bertz CT molecular complexity index is 3180. The van der Waals surface area contributed by atoms with Crippen molar-refractivity contribution in [2.45, 2.75) is 0 Å². The summed E-state index contributed by atoms with van der Waals surface area (Å²) in [5, 5.41) is 5.18. The molecule has 10 aromatic carbocycles. The summed E-state index contributed by atoms with van der Waals surface area (Å²) in [6.45, 7) is 0. The van der Waals surface area contributed by atoms with E-state index in [-0.39, 0.29) is 14.5 Å². The predicted molar refractivity (Wildman–Crippen MR) is 262 cm³/mol. The van der Waals surface area contributed by atoms with Crippen molar-refractivity contribution in [1.82, 2.24) is 0 Å². The number of hydrogen-bond acceptors (Lipinski definition) is 2. The van der Waals surface area contributed by atoms with E-state index in [9.17, 15) is 0 Å². The maximum atomic E-state index is 2.48. The fourth-order valence-corrected chi connectivity index (χ4v) is 11.2. The molecule has 0 unspecified atom stereocenters. The molecule has 11 aromatic rings. The molecule has 1 aromatic heterocycles. The van der Waals surface area contributed by atoms with Crippen molar-refractivity contribution in [2.75, 3.05) is 9.80 Å². The molecule has 0 saturated heterocycles. The Morgan fingerprint density at radius 1 is 0.246 bits per heavy atom. The monoisotopic (exact) mass is 844 g/mol. The Morgan fingerprint density at radius 2 is 0.623 bits per heavy atom. The summed E-state index contributed by atoms with van der Waals surface area (Å²) in [4.78, 5) is 4.82. The van der Waals surface area contributed by atoms with Crippen LogP contribution in [0.2, 0.25) is 0 Å². The Balaban J connectivity index is 0.959. The zero-order valence-electron chi connectivity index (χ0n) is 33.4. The van der Waals surface area contributed by atoms with E-state index in [0.717, 1.165) is 22.7 Å². The molecule has 0 radical (unpaired) electrons. The molecule has 0 bridgehead atoms. The molecular formula is C58H40N2Se. The summed E-state index contributed by atoms with van der Waals surface area (Å²) in [6, 6.07) is 88.1. The van der Waals surface area contributed by atoms with E-state index in [2.05, 4.69) is 252 Å². The zero-order valence-corrected chi connectivity index (χ0v) is 35.1. The summed E-state index contributed by atoms with van der Waals surface area (Å²) < 4.78 is 2.87. The van der Waals surface area contributed by atoms with Crippen molar-refractivity contribution in [3.05, 3.63) is 243 Å². The molecule has 0 aliphatic carbocycles. The second-order valence-electron chi connectivity index (χ2n) is 15.3. The molecule has 0 atom stereocenters. The second-order valence-corrected chi connectivity index (χ2v) is 17.5. The van der Waals surface area contributed by atoms with Crippen LogP contribution in [0.3, 0.4) is 0 Å². The molecule has 0 saturated carbocycles. The van der Waals surface area contributed by atoms with Gasteiger partial charge in [-0.2, -0.15) is 0 Å². The molecule has 11 rings (SSSR count). The van der Waals surface area contributed by atoms with Crippen LogP contribution >= 0.6 is 0 Å². The summed E-state index contributed by atoms with van der Waals surface area (Å²) in [5.74, 6) is 0. The smallest absolute Gasteiger partial charge is 0.0374 e. The van der Waals surface area contributed by atoms with Gasteiger partial charge in [-0.3, -0.25) is 0 Å². The molecule has 0 fully saturated rings. The minimum absolute atomic E-state index is 0.203. The van der Waals surface area contributed by atoms with Gasteiger partial charge in [-0.25, -0.2) is 0 Å². The van der Waals surface area contributed by atoms with Gasteiger partial charge in [0.2, 0.25) is 0 Å². The van der Waals surface area contributed by atoms with Crippen LogP contribution in [-0.4, -0.2) is 14.5 Å². The largest absolute Gasteiger partial charge is 0.0617 e. The second kappa shape index (κ2) is 16.0. The standard InChI is InChI=1S/C58H40N2Se/c1-3-13-41(14-4-1)43-25-33-48(34-26-43)59(49-35-27-44(28-36-49)42-15-5-2-6-16-42)50-37-29-45(30-38-50)46-31-39-51(40-32-46)60(55-22-11-18-47-17-7-8-19-52(47)55)56-23-12-21-54-53-20-9-10-24-57(53)61-58(54)56/h1-40H. The minimum atomic E-state index is 0.203. The van der Waals surface area contributed by atoms with Crippen LogP contribution in [-0.2, 0) is 0 Å². The van der Waals surface area contributed by atoms with Crippen molar-refractivity contribution >= 4 is 78.7 Å². The average molecular weight is 844 g/mol. The molecule has 1 heterocycles. The first-order chi connectivity index (χ1) is 30.2. The number of rotatable bonds is 9. The van der Waals surface area contributed by atoms with Gasteiger partial charge in [0.25, 0.3) is 0 Å². The molecule has 0 aliphatic heterocycles. The molecule has 0 N–H and O–H groups in total. The molecular weight excluding hydrogens is 804 g/mol. The first kappa shape index (κ1) is 36.6. The van der Waals surface area contributed by atoms with Gasteiger partial charge in [-0.1, -0.05) is 84.9 Å². The quantitative estimate of drug-likeness (QED) is 0.134. The van der Waals surface area contributed by atoms with Crippen LogP contribution in [0.1, 0.15) is 0 Å². The van der Waals surface area contributed by atoms with Gasteiger partial charge in [-0.05, 0) is 46.5 Å². The minimum Gasteiger partial charge on any atom is -0.0617 e. The van der Waals surface area contributed by atoms with Gasteiger partial charge >= 0.3 is 222 Å². The third kappa shape index (κ3) is 7.00. The van der Waals surface area contributed by atoms with Crippen LogP contribution in [0, 0.1) is 0 Å². The van der Waals surface area contributed by atoms with Crippen molar-refractivity contribution < 1.29 is 0 Å². The molecule has 0 spiro atoms. The average Bonchev–Trinajstić information content (AvgIpc) is 3.73. The maximum absolute atomic E-state index is 2.48. The van der Waals surface area contributed by atoms with E-state index in [4.69, 9.17) is 0 Å². The molecule has 288 valence electrons. The summed E-state index contributed by atoms with van der Waals surface area (Å²) in [6.07, 6.45) is 0. The van der Waals surface area contributed by atoms with Crippen molar-refractivity contribution in [3.8, 4) is 33.4 Å². The van der Waals surface area contributed by atoms with Gasteiger partial charge in [0.15, 0.2) is 0 Å². The van der Waals surface area contributed by atoms with Crippen molar-refractivity contribution in [2.24, 2.45) is 0 Å². The fraction of sp³-hybridized carbons (Fsp3) is 0. The molecule has 61 heavy (non-hydrogen) atoms. The number of benzene rings is 10. The van der Waals surface area contributed by atoms with E-state index < -0.39 is 0 Å². The zero-order chi connectivity index (χ0) is 40.5. The van der Waals surface area contributed by atoms with Gasteiger partial charge < -0.3 is 0 Å². The fourth-order valence-electron chi connectivity index (χ4n) is 8.64. The SMILES string of the molecule is c1ccc(-c2ccc(N(c3ccc(-c4ccccc4)cc3)c3ccc(-c4ccc(N(c5cccc6ccccc56)c5cccc6c5[se]c5ccccc56)cc4)cc3)cc2)cc1. The predicted octanol–water partition coefficient (Wildman–Crippen LogP) is 16.1. The summed E-state index contributed by atoms with van der Waals surface area (Å²) in [7, 11) is 0. The number of anilines is 6. The molecule has 0 aliphatic rings. The number of nitrogens with zero attached hydrogens (tertiary/aromatic N) is 2. The van der Waals surface area contributed by atoms with Gasteiger partial charge in [-0.15, -0.1) is 0 Å². The van der Waals surface area contributed by atoms with Crippen LogP contribution in [0.5, 0.6) is 0 Å². The van der Waals surface area contributed by atoms with E-state index in [1.165, 1.54) is 74.8 Å². The van der Waals surface area contributed by atoms with E-state index in [0.29, 0.717) is 0 Å². The summed E-state index contributed by atoms with van der Waals surface area (Å²) in [5.41, 5.74) is 14.0. The first-order valence-electron chi connectivity index (χ1n) is 20.7. The van der Waals surface area contributed by atoms with Crippen LogP contribution in [0.4, 0.5) is 34.1 Å². The molecule has 0 amide bonds. The Kier molecular flexibility index (Phi) is 9.60. The molecule has 2 nitrogen and oxygen atoms in total. The first-order valence-corrected chi connectivity index (χ1v) is 22.5. The molecule has 3 heteroatoms. The van der Waals surface area contributed by atoms with Gasteiger partial charge in [0.05, 0.1) is 0 Å². The number of fused-ring (bicyclic) bond motifs is 4. The van der Waals surface area contributed by atoms with E-state index in [1.807, 2.05) is 0 Å².